The van der Waals surface area contributed by atoms with Crippen LogP contribution in [0.15, 0.2) is 42.6 Å². The van der Waals surface area contributed by atoms with E-state index < -0.39 is 0 Å². The number of fused-ring (bicyclic) bond motifs is 1. The number of nitrogens with one attached hydrogen (secondary N) is 1. The second-order valence-electron chi connectivity index (χ2n) is 8.76. The number of hydrogen-bond acceptors (Lipinski definition) is 5. The number of aromatic amines is 1. The van der Waals surface area contributed by atoms with Crippen LogP contribution >= 0.6 is 11.6 Å². The molecule has 6 nitrogen and oxygen atoms in total. The van der Waals surface area contributed by atoms with Crippen LogP contribution in [0.3, 0.4) is 0 Å². The highest BCUT2D eigenvalue weighted by molar-refractivity contribution is 6.32. The van der Waals surface area contributed by atoms with Crippen molar-refractivity contribution in [3.8, 4) is 22.8 Å². The number of methoxy groups -OCH3 is 1. The Hall–Kier alpha value is -3.51. The molecular formula is C29H31ClN2O4. The Bertz CT molecular complexity index is 1390. The fourth-order valence-corrected chi connectivity index (χ4v) is 4.67. The lowest BCUT2D eigenvalue weighted by atomic mass is 9.98. The van der Waals surface area contributed by atoms with Gasteiger partial charge in [0.05, 0.1) is 25.8 Å². The van der Waals surface area contributed by atoms with Crippen molar-refractivity contribution in [2.45, 2.75) is 40.5 Å². The Balaban J connectivity index is 1.67. The van der Waals surface area contributed by atoms with Gasteiger partial charge >= 0.3 is 5.97 Å². The first-order valence-corrected chi connectivity index (χ1v) is 12.4. The number of halogens is 1. The number of aryl methyl sites for hydroxylation is 4. The number of para-hydroxylation sites is 1. The number of nitrogens with zero attached hydrogens (tertiary/aromatic N) is 1. The number of ether oxygens (including phenoxy) is 3. The molecular weight excluding hydrogens is 476 g/mol. The lowest BCUT2D eigenvalue weighted by Gasteiger charge is -2.12. The SMILES string of the molecule is CCOC(=O)c1[nH]c2c(-c3c(C)ccnc3OC)cccc2c1CCCOc1cc(C)c(Cl)c(C)c1. The Labute approximate surface area is 216 Å². The number of esters is 1. The second kappa shape index (κ2) is 11.0. The van der Waals surface area contributed by atoms with Gasteiger partial charge in [-0.05, 0) is 81.0 Å². The van der Waals surface area contributed by atoms with Crippen molar-refractivity contribution in [1.29, 1.82) is 0 Å². The molecule has 0 saturated heterocycles. The van der Waals surface area contributed by atoms with Crippen molar-refractivity contribution in [2.75, 3.05) is 20.3 Å². The third kappa shape index (κ3) is 5.05. The van der Waals surface area contributed by atoms with Crippen molar-refractivity contribution in [2.24, 2.45) is 0 Å². The molecule has 0 amide bonds. The van der Waals surface area contributed by atoms with Gasteiger partial charge in [-0.15, -0.1) is 0 Å². The summed E-state index contributed by atoms with van der Waals surface area (Å²) in [6.07, 6.45) is 3.09. The van der Waals surface area contributed by atoms with E-state index in [4.69, 9.17) is 25.8 Å². The molecule has 0 radical (unpaired) electrons. The van der Waals surface area contributed by atoms with E-state index >= 15 is 0 Å². The van der Waals surface area contributed by atoms with Gasteiger partial charge in [0.25, 0.3) is 0 Å². The minimum absolute atomic E-state index is 0.300. The van der Waals surface area contributed by atoms with E-state index in [0.717, 1.165) is 61.5 Å². The maximum absolute atomic E-state index is 12.9. The van der Waals surface area contributed by atoms with Crippen LogP contribution in [0.4, 0.5) is 0 Å². The lowest BCUT2D eigenvalue weighted by molar-refractivity contribution is 0.0519. The van der Waals surface area contributed by atoms with Crippen LogP contribution in [0.1, 0.15) is 46.1 Å². The van der Waals surface area contributed by atoms with E-state index in [2.05, 4.69) is 9.97 Å². The van der Waals surface area contributed by atoms with Crippen molar-refractivity contribution in [3.63, 3.8) is 0 Å². The summed E-state index contributed by atoms with van der Waals surface area (Å²) in [5.74, 6) is 0.966. The first-order valence-electron chi connectivity index (χ1n) is 12.1. The van der Waals surface area contributed by atoms with E-state index in [9.17, 15) is 4.79 Å². The number of aromatic nitrogens is 2. The monoisotopic (exact) mass is 506 g/mol. The zero-order valence-electron chi connectivity index (χ0n) is 21.3. The number of H-pyrrole nitrogens is 1. The molecule has 36 heavy (non-hydrogen) atoms. The number of carbonyl (C=O) groups excluding carboxylic acids is 1. The van der Waals surface area contributed by atoms with Crippen LogP contribution in [0.2, 0.25) is 5.02 Å². The molecule has 0 aliphatic heterocycles. The van der Waals surface area contributed by atoms with Gasteiger partial charge < -0.3 is 19.2 Å². The van der Waals surface area contributed by atoms with Gasteiger partial charge in [-0.3, -0.25) is 0 Å². The smallest absolute Gasteiger partial charge is 0.355 e. The topological polar surface area (TPSA) is 73.4 Å². The Morgan fingerprint density at radius 3 is 2.53 bits per heavy atom. The molecule has 2 heterocycles. The van der Waals surface area contributed by atoms with Crippen LogP contribution in [0.25, 0.3) is 22.0 Å². The predicted octanol–water partition coefficient (Wildman–Crippen LogP) is 7.01. The highest BCUT2D eigenvalue weighted by atomic mass is 35.5. The first-order chi connectivity index (χ1) is 17.3. The largest absolute Gasteiger partial charge is 0.494 e. The fraction of sp³-hybridized carbons (Fsp3) is 0.310. The highest BCUT2D eigenvalue weighted by Crippen LogP contribution is 2.38. The van der Waals surface area contributed by atoms with Gasteiger partial charge in [0.1, 0.15) is 11.4 Å². The van der Waals surface area contributed by atoms with Gasteiger partial charge in [0.2, 0.25) is 5.88 Å². The zero-order chi connectivity index (χ0) is 25.8. The molecule has 4 rings (SSSR count). The maximum Gasteiger partial charge on any atom is 0.355 e. The van der Waals surface area contributed by atoms with Crippen molar-refractivity contribution in [3.05, 3.63) is 75.6 Å². The summed E-state index contributed by atoms with van der Waals surface area (Å²) in [5.41, 5.74) is 7.07. The zero-order valence-corrected chi connectivity index (χ0v) is 22.1. The van der Waals surface area contributed by atoms with Crippen LogP contribution < -0.4 is 9.47 Å². The van der Waals surface area contributed by atoms with Crippen molar-refractivity contribution >= 4 is 28.5 Å². The van der Waals surface area contributed by atoms with Gasteiger partial charge in [0.15, 0.2) is 0 Å². The van der Waals surface area contributed by atoms with Crippen molar-refractivity contribution in [1.82, 2.24) is 9.97 Å². The Morgan fingerprint density at radius 1 is 1.08 bits per heavy atom. The number of carbonyl (C=O) groups is 1. The standard InChI is InChI=1S/C29H31ClN2O4/c1-6-35-29(33)27-22(11-8-14-36-20-15-18(3)25(30)19(4)16-20)21-9-7-10-23(26(21)32-27)24-17(2)12-13-31-28(24)34-5/h7,9-10,12-13,15-16,32H,6,8,11,14H2,1-5H3. The molecule has 0 saturated carbocycles. The van der Waals surface area contributed by atoms with Crippen LogP contribution in [-0.4, -0.2) is 36.3 Å². The fourth-order valence-electron chi connectivity index (χ4n) is 4.56. The molecule has 0 aliphatic rings. The summed E-state index contributed by atoms with van der Waals surface area (Å²) in [6.45, 7) is 8.57. The van der Waals surface area contributed by atoms with Gasteiger partial charge in [-0.2, -0.15) is 0 Å². The average Bonchev–Trinajstić information content (AvgIpc) is 3.24. The normalized spacial score (nSPS) is 11.1. The third-order valence-electron chi connectivity index (χ3n) is 6.26. The quantitative estimate of drug-likeness (QED) is 0.195. The number of rotatable bonds is 9. The van der Waals surface area contributed by atoms with E-state index in [0.29, 0.717) is 31.2 Å². The molecule has 2 aromatic heterocycles. The number of benzene rings is 2. The minimum atomic E-state index is -0.366. The molecule has 4 aromatic rings. The minimum Gasteiger partial charge on any atom is -0.494 e. The second-order valence-corrected chi connectivity index (χ2v) is 9.14. The van der Waals surface area contributed by atoms with Gasteiger partial charge in [-0.1, -0.05) is 29.8 Å². The molecule has 0 atom stereocenters. The van der Waals surface area contributed by atoms with E-state index in [1.165, 1.54) is 0 Å². The maximum atomic E-state index is 12.9. The van der Waals surface area contributed by atoms with E-state index in [-0.39, 0.29) is 5.97 Å². The Kier molecular flexibility index (Phi) is 7.85. The van der Waals surface area contributed by atoms with Gasteiger partial charge in [0, 0.05) is 27.7 Å². The molecule has 0 bridgehead atoms. The summed E-state index contributed by atoms with van der Waals surface area (Å²) in [5, 5.41) is 1.73. The number of pyridine rings is 1. The van der Waals surface area contributed by atoms with Crippen LogP contribution in [0.5, 0.6) is 11.6 Å². The van der Waals surface area contributed by atoms with E-state index in [1.54, 1.807) is 20.2 Å². The predicted molar refractivity (Wildman–Crippen MR) is 144 cm³/mol. The highest BCUT2D eigenvalue weighted by Gasteiger charge is 2.22. The average molecular weight is 507 g/mol. The molecule has 1 N–H and O–H groups in total. The first kappa shape index (κ1) is 25.6. The molecule has 0 unspecified atom stereocenters. The summed E-state index contributed by atoms with van der Waals surface area (Å²) in [4.78, 5) is 20.7. The van der Waals surface area contributed by atoms with Gasteiger partial charge in [-0.25, -0.2) is 9.78 Å². The molecule has 0 fully saturated rings. The summed E-state index contributed by atoms with van der Waals surface area (Å²) in [6, 6.07) is 11.9. The summed E-state index contributed by atoms with van der Waals surface area (Å²) in [7, 11) is 1.61. The van der Waals surface area contributed by atoms with E-state index in [1.807, 2.05) is 57.2 Å². The van der Waals surface area contributed by atoms with Crippen molar-refractivity contribution < 1.29 is 19.0 Å². The molecule has 7 heteroatoms. The summed E-state index contributed by atoms with van der Waals surface area (Å²) < 4.78 is 16.9. The molecule has 0 spiro atoms. The summed E-state index contributed by atoms with van der Waals surface area (Å²) >= 11 is 6.28. The van der Waals surface area contributed by atoms with Crippen LogP contribution in [-0.2, 0) is 11.2 Å². The van der Waals surface area contributed by atoms with Crippen LogP contribution in [0, 0.1) is 20.8 Å². The molecule has 2 aromatic carbocycles. The third-order valence-corrected chi connectivity index (χ3v) is 6.85. The lowest BCUT2D eigenvalue weighted by Crippen LogP contribution is -2.09. The number of hydrogen-bond donors (Lipinski definition) is 1. The Morgan fingerprint density at radius 2 is 1.83 bits per heavy atom. The molecule has 0 aliphatic carbocycles. The molecule has 188 valence electrons.